The van der Waals surface area contributed by atoms with Crippen LogP contribution in [0.3, 0.4) is 0 Å². The number of benzene rings is 1. The van der Waals surface area contributed by atoms with Crippen molar-refractivity contribution in [3.63, 3.8) is 0 Å². The summed E-state index contributed by atoms with van der Waals surface area (Å²) in [4.78, 5) is 14.8. The Bertz CT molecular complexity index is 739. The lowest BCUT2D eigenvalue weighted by Gasteiger charge is -2.35. The molecular formula is C16H24N4O4S. The lowest BCUT2D eigenvalue weighted by atomic mass is 9.96. The summed E-state index contributed by atoms with van der Waals surface area (Å²) in [5.74, 6) is 0.630. The standard InChI is InChI=1S/C16H24N4O4S/c17-25(23,24)16-10-14(9-15(11-16)20(21)22)19-7-3-13(4-8-19)12-18-5-1-2-6-18/h9-11,13H,1-8,12H2,(H2,17,23,24). The largest absolute Gasteiger partial charge is 0.371 e. The molecular weight excluding hydrogens is 344 g/mol. The van der Waals surface area contributed by atoms with Crippen molar-refractivity contribution in [1.29, 1.82) is 0 Å². The van der Waals surface area contributed by atoms with Gasteiger partial charge in [0, 0.05) is 37.5 Å². The molecule has 0 aliphatic carbocycles. The monoisotopic (exact) mass is 368 g/mol. The predicted octanol–water partition coefficient (Wildman–Crippen LogP) is 1.55. The molecule has 0 bridgehead atoms. The lowest BCUT2D eigenvalue weighted by Crippen LogP contribution is -2.38. The number of hydrogen-bond acceptors (Lipinski definition) is 6. The van der Waals surface area contributed by atoms with E-state index in [1.807, 2.05) is 4.90 Å². The SMILES string of the molecule is NS(=O)(=O)c1cc(N2CCC(CN3CCCC3)CC2)cc([N+](=O)[O-])c1. The third kappa shape index (κ3) is 4.47. The van der Waals surface area contributed by atoms with E-state index in [0.717, 1.165) is 38.5 Å². The van der Waals surface area contributed by atoms with Crippen molar-refractivity contribution in [2.75, 3.05) is 37.6 Å². The molecule has 2 fully saturated rings. The number of primary sulfonamides is 1. The van der Waals surface area contributed by atoms with Crippen LogP contribution >= 0.6 is 0 Å². The highest BCUT2D eigenvalue weighted by Gasteiger charge is 2.25. The number of nitrogens with two attached hydrogens (primary N) is 1. The molecule has 2 aliphatic heterocycles. The van der Waals surface area contributed by atoms with Gasteiger partial charge < -0.3 is 9.80 Å². The Balaban J connectivity index is 1.71. The van der Waals surface area contributed by atoms with Crippen molar-refractivity contribution in [3.05, 3.63) is 28.3 Å². The van der Waals surface area contributed by atoms with Gasteiger partial charge in [0.1, 0.15) is 0 Å². The number of rotatable bonds is 5. The summed E-state index contributed by atoms with van der Waals surface area (Å²) in [5.41, 5.74) is 0.304. The average Bonchev–Trinajstić information content (AvgIpc) is 3.07. The maximum Gasteiger partial charge on any atom is 0.272 e. The van der Waals surface area contributed by atoms with Crippen LogP contribution in [-0.2, 0) is 10.0 Å². The maximum atomic E-state index is 11.6. The first-order valence-electron chi connectivity index (χ1n) is 8.62. The Kier molecular flexibility index (Phi) is 5.26. The first-order chi connectivity index (χ1) is 11.8. The van der Waals surface area contributed by atoms with Crippen LogP contribution in [-0.4, -0.2) is 51.0 Å². The number of sulfonamides is 1. The van der Waals surface area contributed by atoms with E-state index >= 15 is 0 Å². The number of nitro groups is 1. The molecule has 8 nitrogen and oxygen atoms in total. The lowest BCUT2D eigenvalue weighted by molar-refractivity contribution is -0.385. The first-order valence-corrected chi connectivity index (χ1v) is 10.2. The molecule has 0 aromatic heterocycles. The summed E-state index contributed by atoms with van der Waals surface area (Å²) in [6.45, 7) is 5.02. The number of nitro benzene ring substituents is 1. The Morgan fingerprint density at radius 2 is 1.76 bits per heavy atom. The summed E-state index contributed by atoms with van der Waals surface area (Å²) in [6.07, 6.45) is 4.57. The number of hydrogen-bond donors (Lipinski definition) is 1. The maximum absolute atomic E-state index is 11.6. The quantitative estimate of drug-likeness (QED) is 0.624. The molecule has 2 saturated heterocycles. The second-order valence-electron chi connectivity index (χ2n) is 6.93. The van der Waals surface area contributed by atoms with Gasteiger partial charge >= 0.3 is 0 Å². The molecule has 1 aromatic rings. The highest BCUT2D eigenvalue weighted by molar-refractivity contribution is 7.89. The first kappa shape index (κ1) is 18.1. The molecule has 3 rings (SSSR count). The number of piperidine rings is 1. The molecule has 0 saturated carbocycles. The molecule has 0 atom stereocenters. The van der Waals surface area contributed by atoms with Crippen LogP contribution in [0.2, 0.25) is 0 Å². The highest BCUT2D eigenvalue weighted by Crippen LogP contribution is 2.30. The van der Waals surface area contributed by atoms with Gasteiger partial charge in [-0.05, 0) is 50.8 Å². The molecule has 0 spiro atoms. The molecule has 0 unspecified atom stereocenters. The van der Waals surface area contributed by atoms with Crippen molar-refractivity contribution in [3.8, 4) is 0 Å². The van der Waals surface area contributed by atoms with E-state index < -0.39 is 14.9 Å². The predicted molar refractivity (Wildman–Crippen MR) is 95.1 cm³/mol. The van der Waals surface area contributed by atoms with Crippen molar-refractivity contribution >= 4 is 21.4 Å². The van der Waals surface area contributed by atoms with E-state index in [2.05, 4.69) is 4.90 Å². The zero-order valence-electron chi connectivity index (χ0n) is 14.1. The minimum Gasteiger partial charge on any atom is -0.371 e. The van der Waals surface area contributed by atoms with E-state index in [0.29, 0.717) is 11.6 Å². The van der Waals surface area contributed by atoms with Crippen molar-refractivity contribution in [2.45, 2.75) is 30.6 Å². The second-order valence-corrected chi connectivity index (χ2v) is 8.49. The normalized spacial score (nSPS) is 20.1. The zero-order chi connectivity index (χ0) is 18.0. The minimum absolute atomic E-state index is 0.212. The summed E-state index contributed by atoms with van der Waals surface area (Å²) < 4.78 is 23.2. The molecule has 9 heteroatoms. The minimum atomic E-state index is -3.98. The van der Waals surface area contributed by atoms with Crippen LogP contribution < -0.4 is 10.0 Å². The van der Waals surface area contributed by atoms with Gasteiger partial charge in [0.15, 0.2) is 0 Å². The Morgan fingerprint density at radius 3 is 2.32 bits per heavy atom. The molecule has 2 aliphatic rings. The van der Waals surface area contributed by atoms with Gasteiger partial charge in [0.05, 0.1) is 9.82 Å². The summed E-state index contributed by atoms with van der Waals surface area (Å²) in [5, 5.41) is 16.3. The van der Waals surface area contributed by atoms with E-state index in [4.69, 9.17) is 5.14 Å². The number of likely N-dealkylation sites (tertiary alicyclic amines) is 1. The van der Waals surface area contributed by atoms with E-state index in [-0.39, 0.29) is 10.6 Å². The highest BCUT2D eigenvalue weighted by atomic mass is 32.2. The van der Waals surface area contributed by atoms with Gasteiger partial charge in [-0.2, -0.15) is 0 Å². The van der Waals surface area contributed by atoms with Crippen LogP contribution in [0.25, 0.3) is 0 Å². The van der Waals surface area contributed by atoms with Crippen molar-refractivity contribution in [2.24, 2.45) is 11.1 Å². The van der Waals surface area contributed by atoms with E-state index in [9.17, 15) is 18.5 Å². The zero-order valence-corrected chi connectivity index (χ0v) is 15.0. The number of nitrogens with zero attached hydrogens (tertiary/aromatic N) is 3. The molecule has 0 radical (unpaired) electrons. The number of non-ortho nitro benzene ring substituents is 1. The third-order valence-electron chi connectivity index (χ3n) is 5.11. The summed E-state index contributed by atoms with van der Waals surface area (Å²) in [6, 6.07) is 3.87. The van der Waals surface area contributed by atoms with Gasteiger partial charge in [-0.1, -0.05) is 0 Å². The molecule has 2 heterocycles. The molecule has 1 aromatic carbocycles. The second kappa shape index (κ2) is 7.27. The fourth-order valence-electron chi connectivity index (χ4n) is 3.72. The topological polar surface area (TPSA) is 110 Å². The Labute approximate surface area is 147 Å². The van der Waals surface area contributed by atoms with Crippen LogP contribution in [0, 0.1) is 16.0 Å². The van der Waals surface area contributed by atoms with Gasteiger partial charge in [-0.25, -0.2) is 13.6 Å². The van der Waals surface area contributed by atoms with Crippen LogP contribution in [0.15, 0.2) is 23.1 Å². The van der Waals surface area contributed by atoms with E-state index in [1.165, 1.54) is 38.1 Å². The average molecular weight is 368 g/mol. The van der Waals surface area contributed by atoms with Crippen molar-refractivity contribution < 1.29 is 13.3 Å². The van der Waals surface area contributed by atoms with Crippen LogP contribution in [0.4, 0.5) is 11.4 Å². The molecule has 2 N–H and O–H groups in total. The van der Waals surface area contributed by atoms with Crippen LogP contribution in [0.5, 0.6) is 0 Å². The molecule has 138 valence electrons. The van der Waals surface area contributed by atoms with Crippen molar-refractivity contribution in [1.82, 2.24) is 4.90 Å². The molecule has 0 amide bonds. The summed E-state index contributed by atoms with van der Waals surface area (Å²) >= 11 is 0. The fourth-order valence-corrected chi connectivity index (χ4v) is 4.29. The molecule has 25 heavy (non-hydrogen) atoms. The van der Waals surface area contributed by atoms with Gasteiger partial charge in [0.25, 0.3) is 5.69 Å². The Morgan fingerprint density at radius 1 is 1.12 bits per heavy atom. The van der Waals surface area contributed by atoms with E-state index in [1.54, 1.807) is 0 Å². The van der Waals surface area contributed by atoms with Crippen LogP contribution in [0.1, 0.15) is 25.7 Å². The number of anilines is 1. The smallest absolute Gasteiger partial charge is 0.272 e. The fraction of sp³-hybridized carbons (Fsp3) is 0.625. The summed E-state index contributed by atoms with van der Waals surface area (Å²) in [7, 11) is -3.98. The Hall–Kier alpha value is -1.71. The van der Waals surface area contributed by atoms with Gasteiger partial charge in [0.2, 0.25) is 10.0 Å². The van der Waals surface area contributed by atoms with Gasteiger partial charge in [-0.15, -0.1) is 0 Å². The third-order valence-corrected chi connectivity index (χ3v) is 6.00. The van der Waals surface area contributed by atoms with Gasteiger partial charge in [-0.3, -0.25) is 10.1 Å².